The Kier molecular flexibility index (Phi) is 5.19. The maximum Gasteiger partial charge on any atom is 0.324 e. The fraction of sp³-hybridized carbons (Fsp3) is 0.769. The van der Waals surface area contributed by atoms with Crippen LogP contribution in [0.25, 0.3) is 0 Å². The molecule has 0 aromatic carbocycles. The summed E-state index contributed by atoms with van der Waals surface area (Å²) < 4.78 is 11.2. The first-order valence-electron chi connectivity index (χ1n) is 6.88. The first-order valence-corrected chi connectivity index (χ1v) is 7.26. The number of nitrogens with zero attached hydrogens (tertiary/aromatic N) is 3. The van der Waals surface area contributed by atoms with Crippen molar-refractivity contribution in [1.29, 1.82) is 0 Å². The van der Waals surface area contributed by atoms with E-state index in [0.29, 0.717) is 12.5 Å². The monoisotopic (exact) mass is 285 g/mol. The minimum Gasteiger partial charge on any atom is -0.463 e. The molecule has 1 saturated carbocycles. The van der Waals surface area contributed by atoms with Gasteiger partial charge in [0.05, 0.1) is 6.61 Å². The summed E-state index contributed by atoms with van der Waals surface area (Å²) in [6.07, 6.45) is 5.58. The Hall–Kier alpha value is -1.10. The van der Waals surface area contributed by atoms with Crippen molar-refractivity contribution in [3.8, 4) is 12.0 Å². The van der Waals surface area contributed by atoms with E-state index in [2.05, 4.69) is 21.9 Å². The summed E-state index contributed by atoms with van der Waals surface area (Å²) >= 11 is 5.85. The largest absolute Gasteiger partial charge is 0.463 e. The van der Waals surface area contributed by atoms with E-state index in [9.17, 15) is 0 Å². The Balaban J connectivity index is 2.00. The molecule has 0 spiro atoms. The highest BCUT2D eigenvalue weighted by Gasteiger charge is 2.21. The molecule has 0 bridgehead atoms. The first-order chi connectivity index (χ1) is 9.17. The van der Waals surface area contributed by atoms with Gasteiger partial charge in [-0.05, 0) is 43.2 Å². The van der Waals surface area contributed by atoms with Crippen LogP contribution in [-0.4, -0.2) is 27.7 Å². The summed E-state index contributed by atoms with van der Waals surface area (Å²) in [6.45, 7) is 4.82. The maximum atomic E-state index is 5.85. The summed E-state index contributed by atoms with van der Waals surface area (Å²) in [5.74, 6) is 0.687. The van der Waals surface area contributed by atoms with E-state index < -0.39 is 0 Å². The van der Waals surface area contributed by atoms with Gasteiger partial charge in [-0.25, -0.2) is 0 Å². The molecule has 1 fully saturated rings. The predicted octanol–water partition coefficient (Wildman–Crippen LogP) is 3.27. The molecule has 1 aromatic heterocycles. The van der Waals surface area contributed by atoms with Crippen molar-refractivity contribution < 1.29 is 9.47 Å². The normalized spacial score (nSPS) is 23.1. The van der Waals surface area contributed by atoms with Gasteiger partial charge in [-0.2, -0.15) is 9.97 Å². The topological polar surface area (TPSA) is 57.1 Å². The Labute approximate surface area is 118 Å². The molecule has 1 aliphatic rings. The number of ether oxygens (including phenoxy) is 2. The van der Waals surface area contributed by atoms with Crippen molar-refractivity contribution in [3.63, 3.8) is 0 Å². The minimum atomic E-state index is 0.111. The lowest BCUT2D eigenvalue weighted by Crippen LogP contribution is -2.25. The molecular weight excluding hydrogens is 266 g/mol. The average molecular weight is 286 g/mol. The molecule has 0 amide bonds. The number of rotatable bonds is 5. The van der Waals surface area contributed by atoms with Gasteiger partial charge in [0.25, 0.3) is 0 Å². The van der Waals surface area contributed by atoms with Crippen LogP contribution in [0.4, 0.5) is 0 Å². The van der Waals surface area contributed by atoms with Crippen molar-refractivity contribution in [3.05, 3.63) is 5.28 Å². The van der Waals surface area contributed by atoms with Crippen molar-refractivity contribution in [2.45, 2.75) is 52.1 Å². The van der Waals surface area contributed by atoms with E-state index in [1.807, 2.05) is 6.92 Å². The highest BCUT2D eigenvalue weighted by Crippen LogP contribution is 2.26. The maximum absolute atomic E-state index is 5.85. The van der Waals surface area contributed by atoms with Gasteiger partial charge in [0.1, 0.15) is 6.10 Å². The number of halogens is 1. The summed E-state index contributed by atoms with van der Waals surface area (Å²) in [6, 6.07) is 0.505. The lowest BCUT2D eigenvalue weighted by Gasteiger charge is -2.26. The van der Waals surface area contributed by atoms with Gasteiger partial charge in [0.15, 0.2) is 0 Å². The number of hydrogen-bond acceptors (Lipinski definition) is 5. The Morgan fingerprint density at radius 2 is 2.00 bits per heavy atom. The second kappa shape index (κ2) is 6.89. The number of aromatic nitrogens is 3. The van der Waals surface area contributed by atoms with Crippen LogP contribution in [-0.2, 0) is 0 Å². The zero-order valence-corrected chi connectivity index (χ0v) is 12.2. The molecule has 1 aliphatic carbocycles. The van der Waals surface area contributed by atoms with Crippen LogP contribution in [0.1, 0.15) is 46.0 Å². The molecule has 0 N–H and O–H groups in total. The Morgan fingerprint density at radius 3 is 2.74 bits per heavy atom. The molecule has 2 rings (SSSR count). The molecule has 6 heteroatoms. The molecule has 2 atom stereocenters. The SMILES string of the molecule is CCCOc1nc(Cl)nc(OC2CCCC(C)C2)n1. The van der Waals surface area contributed by atoms with Crippen LogP contribution in [0.3, 0.4) is 0 Å². The number of hydrogen-bond donors (Lipinski definition) is 0. The fourth-order valence-electron chi connectivity index (χ4n) is 2.26. The molecule has 5 nitrogen and oxygen atoms in total. The quantitative estimate of drug-likeness (QED) is 0.831. The van der Waals surface area contributed by atoms with Crippen molar-refractivity contribution in [1.82, 2.24) is 15.0 Å². The molecule has 2 unspecified atom stereocenters. The summed E-state index contributed by atoms with van der Waals surface area (Å²) in [7, 11) is 0. The Bertz CT molecular complexity index is 417. The van der Waals surface area contributed by atoms with Crippen LogP contribution in [0, 0.1) is 5.92 Å². The molecule has 19 heavy (non-hydrogen) atoms. The van der Waals surface area contributed by atoms with E-state index in [0.717, 1.165) is 19.3 Å². The second-order valence-electron chi connectivity index (χ2n) is 5.03. The van der Waals surface area contributed by atoms with E-state index in [1.54, 1.807) is 0 Å². The van der Waals surface area contributed by atoms with Crippen LogP contribution in [0.2, 0.25) is 5.28 Å². The standard InChI is InChI=1S/C13H20ClN3O2/c1-3-7-18-12-15-11(14)16-13(17-12)19-10-6-4-5-9(2)8-10/h9-10H,3-8H2,1-2H3. The van der Waals surface area contributed by atoms with Gasteiger partial charge in [-0.3, -0.25) is 0 Å². The highest BCUT2D eigenvalue weighted by molar-refractivity contribution is 6.28. The van der Waals surface area contributed by atoms with Crippen LogP contribution in [0.15, 0.2) is 0 Å². The minimum absolute atomic E-state index is 0.111. The fourth-order valence-corrected chi connectivity index (χ4v) is 2.40. The van der Waals surface area contributed by atoms with E-state index in [1.165, 1.54) is 12.8 Å². The molecule has 0 saturated heterocycles. The zero-order valence-electron chi connectivity index (χ0n) is 11.4. The molecule has 106 valence electrons. The molecular formula is C13H20ClN3O2. The van der Waals surface area contributed by atoms with Crippen LogP contribution in [0.5, 0.6) is 12.0 Å². The van der Waals surface area contributed by atoms with Crippen molar-refractivity contribution in [2.24, 2.45) is 5.92 Å². The van der Waals surface area contributed by atoms with Crippen LogP contribution < -0.4 is 9.47 Å². The van der Waals surface area contributed by atoms with Gasteiger partial charge in [-0.1, -0.05) is 20.3 Å². The molecule has 0 radical (unpaired) electrons. The van der Waals surface area contributed by atoms with Gasteiger partial charge in [0, 0.05) is 0 Å². The molecule has 1 aromatic rings. The smallest absolute Gasteiger partial charge is 0.324 e. The third kappa shape index (κ3) is 4.49. The summed E-state index contributed by atoms with van der Waals surface area (Å²) in [5, 5.41) is 0.111. The summed E-state index contributed by atoms with van der Waals surface area (Å²) in [5.41, 5.74) is 0. The molecule has 1 heterocycles. The van der Waals surface area contributed by atoms with Gasteiger partial charge < -0.3 is 9.47 Å². The van der Waals surface area contributed by atoms with Gasteiger partial charge >= 0.3 is 12.0 Å². The van der Waals surface area contributed by atoms with Gasteiger partial charge in [-0.15, -0.1) is 4.98 Å². The van der Waals surface area contributed by atoms with Gasteiger partial charge in [0.2, 0.25) is 5.28 Å². The highest BCUT2D eigenvalue weighted by atomic mass is 35.5. The molecule has 0 aliphatic heterocycles. The van der Waals surface area contributed by atoms with Crippen LogP contribution >= 0.6 is 11.6 Å². The second-order valence-corrected chi connectivity index (χ2v) is 5.37. The summed E-state index contributed by atoms with van der Waals surface area (Å²) in [4.78, 5) is 12.1. The third-order valence-corrected chi connectivity index (χ3v) is 3.33. The first kappa shape index (κ1) is 14.3. The van der Waals surface area contributed by atoms with E-state index >= 15 is 0 Å². The lowest BCUT2D eigenvalue weighted by atomic mass is 9.89. The third-order valence-electron chi connectivity index (χ3n) is 3.16. The van der Waals surface area contributed by atoms with Crippen molar-refractivity contribution >= 4 is 11.6 Å². The zero-order chi connectivity index (χ0) is 13.7. The van der Waals surface area contributed by atoms with E-state index in [4.69, 9.17) is 21.1 Å². The van der Waals surface area contributed by atoms with Crippen molar-refractivity contribution in [2.75, 3.05) is 6.61 Å². The van der Waals surface area contributed by atoms with E-state index in [-0.39, 0.29) is 23.4 Å². The Morgan fingerprint density at radius 1 is 1.21 bits per heavy atom. The lowest BCUT2D eigenvalue weighted by molar-refractivity contribution is 0.116. The average Bonchev–Trinajstić information content (AvgIpc) is 2.35. The predicted molar refractivity (Wildman–Crippen MR) is 72.7 cm³/mol.